The molecule has 0 radical (unpaired) electrons. The monoisotopic (exact) mass is 448 g/mol. The second kappa shape index (κ2) is 10.1. The largest absolute Gasteiger partial charge is 0.497 e. The molecule has 0 spiro atoms. The van der Waals surface area contributed by atoms with Crippen LogP contribution in [0.25, 0.3) is 11.0 Å². The molecule has 2 amide bonds. The number of ether oxygens (including phenoxy) is 1. The van der Waals surface area contributed by atoms with Gasteiger partial charge in [-0.15, -0.1) is 0 Å². The quantitative estimate of drug-likeness (QED) is 0.595. The third-order valence-electron chi connectivity index (χ3n) is 6.39. The van der Waals surface area contributed by atoms with Gasteiger partial charge < -0.3 is 19.5 Å². The third kappa shape index (κ3) is 5.18. The number of amides is 2. The summed E-state index contributed by atoms with van der Waals surface area (Å²) < 4.78 is 7.13. The molecule has 2 heterocycles. The Morgan fingerprint density at radius 2 is 1.91 bits per heavy atom. The summed E-state index contributed by atoms with van der Waals surface area (Å²) in [6.07, 6.45) is 3.52. The van der Waals surface area contributed by atoms with Crippen molar-refractivity contribution in [3.8, 4) is 5.75 Å². The highest BCUT2D eigenvalue weighted by atomic mass is 16.5. The number of benzene rings is 2. The van der Waals surface area contributed by atoms with Crippen LogP contribution in [0.3, 0.4) is 0 Å². The zero-order valence-corrected chi connectivity index (χ0v) is 19.6. The van der Waals surface area contributed by atoms with E-state index in [1.54, 1.807) is 7.11 Å². The molecule has 7 heteroatoms. The van der Waals surface area contributed by atoms with Crippen molar-refractivity contribution in [1.29, 1.82) is 0 Å². The van der Waals surface area contributed by atoms with Gasteiger partial charge in [0.25, 0.3) is 0 Å². The van der Waals surface area contributed by atoms with E-state index in [2.05, 4.69) is 12.2 Å². The van der Waals surface area contributed by atoms with Gasteiger partial charge in [-0.2, -0.15) is 0 Å². The number of hydrogen-bond acceptors (Lipinski definition) is 4. The van der Waals surface area contributed by atoms with Gasteiger partial charge in [-0.25, -0.2) is 4.98 Å². The lowest BCUT2D eigenvalue weighted by Crippen LogP contribution is -2.44. The molecule has 7 nitrogen and oxygen atoms in total. The van der Waals surface area contributed by atoms with Crippen molar-refractivity contribution in [2.45, 2.75) is 58.2 Å². The van der Waals surface area contributed by atoms with Gasteiger partial charge in [0, 0.05) is 12.6 Å². The Bertz CT molecular complexity index is 1120. The summed E-state index contributed by atoms with van der Waals surface area (Å²) in [6.45, 7) is 5.05. The summed E-state index contributed by atoms with van der Waals surface area (Å²) in [5.74, 6) is 1.46. The minimum Gasteiger partial charge on any atom is -0.497 e. The van der Waals surface area contributed by atoms with Crippen LogP contribution < -0.4 is 10.1 Å². The van der Waals surface area contributed by atoms with E-state index in [4.69, 9.17) is 9.72 Å². The van der Waals surface area contributed by atoms with Crippen molar-refractivity contribution in [1.82, 2.24) is 19.8 Å². The number of methoxy groups -OCH3 is 1. The molecule has 2 aromatic carbocycles. The fourth-order valence-corrected chi connectivity index (χ4v) is 4.57. The molecule has 4 rings (SSSR count). The van der Waals surface area contributed by atoms with Crippen LogP contribution in [0.1, 0.15) is 50.5 Å². The van der Waals surface area contributed by atoms with E-state index in [0.29, 0.717) is 5.82 Å². The molecule has 1 N–H and O–H groups in total. The number of likely N-dealkylation sites (tertiary alicyclic amines) is 1. The Morgan fingerprint density at radius 1 is 1.15 bits per heavy atom. The summed E-state index contributed by atoms with van der Waals surface area (Å²) >= 11 is 0. The SMILES string of the molecule is COc1ccc(CC(=O)NC(C)c2nc3ccccc3n2CC(=O)N2CCCCC2C)cc1. The zero-order valence-electron chi connectivity index (χ0n) is 19.6. The van der Waals surface area contributed by atoms with Crippen LogP contribution >= 0.6 is 0 Å². The van der Waals surface area contributed by atoms with E-state index in [1.165, 1.54) is 6.42 Å². The van der Waals surface area contributed by atoms with Crippen LogP contribution in [0.4, 0.5) is 0 Å². The third-order valence-corrected chi connectivity index (χ3v) is 6.39. The number of nitrogens with one attached hydrogen (secondary N) is 1. The number of piperidine rings is 1. The summed E-state index contributed by atoms with van der Waals surface area (Å²) in [5, 5.41) is 3.06. The molecule has 2 unspecified atom stereocenters. The van der Waals surface area contributed by atoms with E-state index in [-0.39, 0.29) is 36.9 Å². The minimum absolute atomic E-state index is 0.0951. The molecule has 174 valence electrons. The molecule has 0 saturated carbocycles. The maximum Gasteiger partial charge on any atom is 0.242 e. The number of rotatable bonds is 7. The van der Waals surface area contributed by atoms with E-state index >= 15 is 0 Å². The predicted octanol–water partition coefficient (Wildman–Crippen LogP) is 3.87. The zero-order chi connectivity index (χ0) is 23.4. The number of para-hydroxylation sites is 2. The summed E-state index contributed by atoms with van der Waals surface area (Å²) in [6, 6.07) is 15.2. The molecular weight excluding hydrogens is 416 g/mol. The van der Waals surface area contributed by atoms with Crippen LogP contribution in [-0.4, -0.2) is 46.0 Å². The van der Waals surface area contributed by atoms with E-state index in [9.17, 15) is 9.59 Å². The van der Waals surface area contributed by atoms with Gasteiger partial charge in [-0.3, -0.25) is 9.59 Å². The highest BCUT2D eigenvalue weighted by Crippen LogP contribution is 2.23. The number of fused-ring (bicyclic) bond motifs is 1. The number of hydrogen-bond donors (Lipinski definition) is 1. The van der Waals surface area contributed by atoms with Crippen molar-refractivity contribution in [3.05, 3.63) is 59.9 Å². The number of carbonyl (C=O) groups is 2. The molecule has 0 bridgehead atoms. The second-order valence-corrected chi connectivity index (χ2v) is 8.79. The molecule has 33 heavy (non-hydrogen) atoms. The van der Waals surface area contributed by atoms with Gasteiger partial charge in [0.1, 0.15) is 18.1 Å². The number of carbonyl (C=O) groups excluding carboxylic acids is 2. The van der Waals surface area contributed by atoms with Gasteiger partial charge in [0.15, 0.2) is 0 Å². The first-order chi connectivity index (χ1) is 16.0. The van der Waals surface area contributed by atoms with Crippen LogP contribution in [0.2, 0.25) is 0 Å². The molecule has 1 saturated heterocycles. The Kier molecular flexibility index (Phi) is 6.96. The lowest BCUT2D eigenvalue weighted by Gasteiger charge is -2.33. The average Bonchev–Trinajstić information content (AvgIpc) is 3.18. The van der Waals surface area contributed by atoms with Gasteiger partial charge in [-0.1, -0.05) is 24.3 Å². The highest BCUT2D eigenvalue weighted by molar-refractivity contribution is 5.82. The molecule has 0 aliphatic carbocycles. The number of nitrogens with zero attached hydrogens (tertiary/aromatic N) is 3. The Hall–Kier alpha value is -3.35. The topological polar surface area (TPSA) is 76.5 Å². The van der Waals surface area contributed by atoms with Gasteiger partial charge in [0.05, 0.1) is 30.6 Å². The Balaban J connectivity index is 1.52. The van der Waals surface area contributed by atoms with Gasteiger partial charge >= 0.3 is 0 Å². The van der Waals surface area contributed by atoms with Crippen molar-refractivity contribution in [3.63, 3.8) is 0 Å². The van der Waals surface area contributed by atoms with Crippen LogP contribution in [0, 0.1) is 0 Å². The fraction of sp³-hybridized carbons (Fsp3) is 0.423. The predicted molar refractivity (Wildman–Crippen MR) is 128 cm³/mol. The minimum atomic E-state index is -0.338. The standard InChI is InChI=1S/C26H32N4O3/c1-18-8-6-7-15-29(18)25(32)17-30-23-10-5-4-9-22(23)28-26(30)19(2)27-24(31)16-20-11-13-21(33-3)14-12-20/h4-5,9-14,18-19H,6-8,15-17H2,1-3H3,(H,27,31). The van der Waals surface area contributed by atoms with E-state index in [0.717, 1.165) is 41.7 Å². The first-order valence-corrected chi connectivity index (χ1v) is 11.6. The normalized spacial score (nSPS) is 17.1. The van der Waals surface area contributed by atoms with Crippen LogP contribution in [0.15, 0.2) is 48.5 Å². The Labute approximate surface area is 194 Å². The van der Waals surface area contributed by atoms with E-state index < -0.39 is 0 Å². The van der Waals surface area contributed by atoms with Crippen molar-refractivity contribution < 1.29 is 14.3 Å². The molecule has 3 aromatic rings. The summed E-state index contributed by atoms with van der Waals surface area (Å²) in [7, 11) is 1.62. The summed E-state index contributed by atoms with van der Waals surface area (Å²) in [4.78, 5) is 32.7. The maximum atomic E-state index is 13.2. The lowest BCUT2D eigenvalue weighted by atomic mass is 10.0. The van der Waals surface area contributed by atoms with Crippen molar-refractivity contribution >= 4 is 22.8 Å². The lowest BCUT2D eigenvalue weighted by molar-refractivity contribution is -0.135. The first-order valence-electron chi connectivity index (χ1n) is 11.6. The molecule has 1 aliphatic rings. The smallest absolute Gasteiger partial charge is 0.242 e. The fourth-order valence-electron chi connectivity index (χ4n) is 4.57. The highest BCUT2D eigenvalue weighted by Gasteiger charge is 2.26. The molecule has 2 atom stereocenters. The number of imidazole rings is 1. The van der Waals surface area contributed by atoms with Crippen molar-refractivity contribution in [2.24, 2.45) is 0 Å². The maximum absolute atomic E-state index is 13.2. The summed E-state index contributed by atoms with van der Waals surface area (Å²) in [5.41, 5.74) is 2.63. The average molecular weight is 449 g/mol. The van der Waals surface area contributed by atoms with Crippen LogP contribution in [0.5, 0.6) is 5.75 Å². The second-order valence-electron chi connectivity index (χ2n) is 8.79. The van der Waals surface area contributed by atoms with Gasteiger partial charge in [-0.05, 0) is 62.9 Å². The first kappa shape index (κ1) is 22.8. The van der Waals surface area contributed by atoms with Crippen LogP contribution in [-0.2, 0) is 22.6 Å². The molecule has 1 fully saturated rings. The van der Waals surface area contributed by atoms with Gasteiger partial charge in [0.2, 0.25) is 11.8 Å². The van der Waals surface area contributed by atoms with Crippen molar-refractivity contribution in [2.75, 3.05) is 13.7 Å². The molecular formula is C26H32N4O3. The molecule has 1 aromatic heterocycles. The number of aromatic nitrogens is 2. The Morgan fingerprint density at radius 3 is 2.64 bits per heavy atom. The molecule has 1 aliphatic heterocycles. The van der Waals surface area contributed by atoms with E-state index in [1.807, 2.05) is 64.9 Å².